The van der Waals surface area contributed by atoms with Gasteiger partial charge in [-0.2, -0.15) is 0 Å². The minimum atomic E-state index is 0.147. The molecule has 118 valence electrons. The van der Waals surface area contributed by atoms with Crippen LogP contribution in [0.1, 0.15) is 52.0 Å². The van der Waals surface area contributed by atoms with Crippen LogP contribution in [-0.4, -0.2) is 19.1 Å². The van der Waals surface area contributed by atoms with E-state index in [1.165, 1.54) is 43.5 Å². The Morgan fingerprint density at radius 3 is 2.52 bits per heavy atom. The second-order valence-electron chi connectivity index (χ2n) is 7.41. The van der Waals surface area contributed by atoms with Crippen LogP contribution in [0.25, 0.3) is 0 Å². The van der Waals surface area contributed by atoms with Crippen molar-refractivity contribution in [1.82, 2.24) is 5.32 Å². The smallest absolute Gasteiger partial charge is 0.0420 e. The van der Waals surface area contributed by atoms with Crippen LogP contribution in [0.5, 0.6) is 0 Å². The van der Waals surface area contributed by atoms with Crippen molar-refractivity contribution in [2.75, 3.05) is 18.5 Å². The van der Waals surface area contributed by atoms with Crippen molar-refractivity contribution in [2.45, 2.75) is 58.5 Å². The average Bonchev–Trinajstić information content (AvgIpc) is 2.89. The van der Waals surface area contributed by atoms with Gasteiger partial charge < -0.3 is 10.2 Å². The highest BCUT2D eigenvalue weighted by Crippen LogP contribution is 2.30. The van der Waals surface area contributed by atoms with Crippen molar-refractivity contribution in [2.24, 2.45) is 5.92 Å². The molecule has 1 aromatic carbocycles. The summed E-state index contributed by atoms with van der Waals surface area (Å²) in [6.07, 6.45) is 5.62. The first-order valence-corrected chi connectivity index (χ1v) is 8.89. The number of nitrogens with one attached hydrogen (secondary N) is 1. The zero-order valence-corrected chi connectivity index (χ0v) is 15.5. The number of hydrogen-bond acceptors (Lipinski definition) is 2. The fraction of sp³-hybridized carbons (Fsp3) is 0.667. The van der Waals surface area contributed by atoms with E-state index in [4.69, 9.17) is 0 Å². The monoisotopic (exact) mass is 352 g/mol. The van der Waals surface area contributed by atoms with Crippen molar-refractivity contribution in [3.63, 3.8) is 0 Å². The fourth-order valence-electron chi connectivity index (χ4n) is 3.08. The number of rotatable bonds is 5. The van der Waals surface area contributed by atoms with Gasteiger partial charge in [0, 0.05) is 35.8 Å². The zero-order chi connectivity index (χ0) is 15.5. The van der Waals surface area contributed by atoms with Crippen LogP contribution in [0, 0.1) is 5.92 Å². The summed E-state index contributed by atoms with van der Waals surface area (Å²) in [5.74, 6) is 0.873. The highest BCUT2D eigenvalue weighted by Gasteiger charge is 2.19. The highest BCUT2D eigenvalue weighted by atomic mass is 79.9. The molecule has 1 aliphatic carbocycles. The van der Waals surface area contributed by atoms with Crippen molar-refractivity contribution in [3.8, 4) is 0 Å². The molecule has 0 saturated heterocycles. The van der Waals surface area contributed by atoms with Crippen molar-refractivity contribution >= 4 is 21.6 Å². The van der Waals surface area contributed by atoms with Gasteiger partial charge in [0.1, 0.15) is 0 Å². The second-order valence-corrected chi connectivity index (χ2v) is 8.32. The minimum Gasteiger partial charge on any atom is -0.374 e. The van der Waals surface area contributed by atoms with Gasteiger partial charge in [-0.3, -0.25) is 0 Å². The number of halogens is 1. The summed E-state index contributed by atoms with van der Waals surface area (Å²) in [6.45, 7) is 8.75. The van der Waals surface area contributed by atoms with E-state index in [0.717, 1.165) is 16.9 Å². The van der Waals surface area contributed by atoms with Crippen LogP contribution >= 0.6 is 15.9 Å². The average molecular weight is 353 g/mol. The maximum absolute atomic E-state index is 3.62. The Morgan fingerprint density at radius 2 is 1.90 bits per heavy atom. The van der Waals surface area contributed by atoms with Gasteiger partial charge in [-0.15, -0.1) is 0 Å². The molecular weight excluding hydrogens is 324 g/mol. The molecule has 0 spiro atoms. The molecule has 2 nitrogen and oxygen atoms in total. The number of anilines is 1. The molecule has 1 N–H and O–H groups in total. The predicted molar refractivity (Wildman–Crippen MR) is 96.0 cm³/mol. The Bertz CT molecular complexity index is 459. The summed E-state index contributed by atoms with van der Waals surface area (Å²) in [5.41, 5.74) is 2.88. The van der Waals surface area contributed by atoms with Crippen LogP contribution in [0.15, 0.2) is 22.7 Å². The first-order chi connectivity index (χ1) is 9.85. The van der Waals surface area contributed by atoms with Gasteiger partial charge in [0.25, 0.3) is 0 Å². The van der Waals surface area contributed by atoms with E-state index in [-0.39, 0.29) is 5.54 Å². The largest absolute Gasteiger partial charge is 0.374 e. The lowest BCUT2D eigenvalue weighted by atomic mass is 10.1. The van der Waals surface area contributed by atoms with Crippen LogP contribution in [0.3, 0.4) is 0 Å². The quantitative estimate of drug-likeness (QED) is 0.805. The Labute approximate surface area is 138 Å². The van der Waals surface area contributed by atoms with Gasteiger partial charge in [0.05, 0.1) is 0 Å². The third kappa shape index (κ3) is 5.30. The Hall–Kier alpha value is -0.540. The third-order valence-electron chi connectivity index (χ3n) is 4.27. The lowest BCUT2D eigenvalue weighted by molar-refractivity contribution is 0.424. The third-order valence-corrected chi connectivity index (χ3v) is 4.77. The summed E-state index contributed by atoms with van der Waals surface area (Å²) in [5, 5.41) is 3.60. The van der Waals surface area contributed by atoms with Crippen LogP contribution < -0.4 is 10.2 Å². The molecule has 1 fully saturated rings. The molecule has 1 aromatic rings. The van der Waals surface area contributed by atoms with E-state index in [2.05, 4.69) is 72.2 Å². The van der Waals surface area contributed by atoms with Crippen molar-refractivity contribution in [3.05, 3.63) is 28.2 Å². The molecule has 0 aliphatic heterocycles. The van der Waals surface area contributed by atoms with Gasteiger partial charge in [0.2, 0.25) is 0 Å². The van der Waals surface area contributed by atoms with Crippen LogP contribution in [0.2, 0.25) is 0 Å². The summed E-state index contributed by atoms with van der Waals surface area (Å²) in [7, 11) is 2.24. The van der Waals surface area contributed by atoms with Gasteiger partial charge >= 0.3 is 0 Å². The Morgan fingerprint density at radius 1 is 1.24 bits per heavy atom. The molecule has 21 heavy (non-hydrogen) atoms. The number of benzene rings is 1. The second kappa shape index (κ2) is 7.15. The normalized spacial score (nSPS) is 16.4. The summed E-state index contributed by atoms with van der Waals surface area (Å²) >= 11 is 3.62. The van der Waals surface area contributed by atoms with E-state index < -0.39 is 0 Å². The van der Waals surface area contributed by atoms with E-state index in [1.54, 1.807) is 0 Å². The van der Waals surface area contributed by atoms with Gasteiger partial charge in [-0.25, -0.2) is 0 Å². The molecule has 0 radical (unpaired) electrons. The maximum Gasteiger partial charge on any atom is 0.0420 e. The predicted octanol–water partition coefficient (Wildman–Crippen LogP) is 4.96. The lowest BCUT2D eigenvalue weighted by Gasteiger charge is -2.27. The van der Waals surface area contributed by atoms with Crippen LogP contribution in [0.4, 0.5) is 5.69 Å². The van der Waals surface area contributed by atoms with Crippen molar-refractivity contribution in [1.29, 1.82) is 0 Å². The molecule has 3 heteroatoms. The number of nitrogens with zero attached hydrogens (tertiary/aromatic N) is 1. The first kappa shape index (κ1) is 16.8. The SMILES string of the molecule is CN(CC1CCCC1)c1cc(Br)ccc1CNC(C)(C)C. The topological polar surface area (TPSA) is 15.3 Å². The molecular formula is C18H29BrN2. The lowest BCUT2D eigenvalue weighted by Crippen LogP contribution is -2.35. The summed E-state index contributed by atoms with van der Waals surface area (Å²) in [4.78, 5) is 2.44. The van der Waals surface area contributed by atoms with E-state index in [1.807, 2.05) is 0 Å². The molecule has 0 aromatic heterocycles. The minimum absolute atomic E-state index is 0.147. The van der Waals surface area contributed by atoms with Crippen LogP contribution in [-0.2, 0) is 6.54 Å². The Balaban J connectivity index is 2.09. The van der Waals surface area contributed by atoms with E-state index in [9.17, 15) is 0 Å². The van der Waals surface area contributed by atoms with Crippen molar-refractivity contribution < 1.29 is 0 Å². The molecule has 0 amide bonds. The Kier molecular flexibility index (Phi) is 5.73. The summed E-state index contributed by atoms with van der Waals surface area (Å²) < 4.78 is 1.16. The molecule has 2 rings (SSSR count). The van der Waals surface area contributed by atoms with Gasteiger partial charge in [0.15, 0.2) is 0 Å². The maximum atomic E-state index is 3.62. The molecule has 1 aliphatic rings. The molecule has 0 unspecified atom stereocenters. The zero-order valence-electron chi connectivity index (χ0n) is 13.9. The summed E-state index contributed by atoms with van der Waals surface area (Å²) in [6, 6.07) is 6.64. The van der Waals surface area contributed by atoms with E-state index in [0.29, 0.717) is 0 Å². The molecule has 0 bridgehead atoms. The fourth-order valence-corrected chi connectivity index (χ4v) is 3.43. The van der Waals surface area contributed by atoms with Gasteiger partial charge in [-0.05, 0) is 57.2 Å². The molecule has 0 heterocycles. The highest BCUT2D eigenvalue weighted by molar-refractivity contribution is 9.10. The molecule has 1 saturated carbocycles. The molecule has 0 atom stereocenters. The number of hydrogen-bond donors (Lipinski definition) is 1. The van der Waals surface area contributed by atoms with Gasteiger partial charge in [-0.1, -0.05) is 34.8 Å². The standard InChI is InChI=1S/C18H29BrN2/c1-18(2,3)20-12-15-9-10-16(19)11-17(15)21(4)13-14-7-5-6-8-14/h9-11,14,20H,5-8,12-13H2,1-4H3. The van der Waals surface area contributed by atoms with E-state index >= 15 is 0 Å². The first-order valence-electron chi connectivity index (χ1n) is 8.10.